The molecule has 0 nitrogen and oxygen atoms in total. The minimum Gasteiger partial charge on any atom is -0.0620 e. The van der Waals surface area contributed by atoms with Crippen LogP contribution in [0.5, 0.6) is 0 Å². The molecule has 0 amide bonds. The fourth-order valence-electron chi connectivity index (χ4n) is 6.47. The molecule has 0 aliphatic heterocycles. The Morgan fingerprint density at radius 2 is 0.667 bits per heavy atom. The Labute approximate surface area is 73.7 Å². The lowest BCUT2D eigenvalue weighted by Gasteiger charge is -2.45. The van der Waals surface area contributed by atoms with Crippen molar-refractivity contribution in [1.82, 2.24) is 0 Å². The predicted molar refractivity (Wildman–Crippen MR) is 46.2 cm³/mol. The molecule has 0 heterocycles. The second-order valence-electron chi connectivity index (χ2n) is 6.34. The molecule has 6 aliphatic rings. The van der Waals surface area contributed by atoms with Crippen LogP contribution in [-0.2, 0) is 0 Å². The van der Waals surface area contributed by atoms with Crippen molar-refractivity contribution in [3.8, 4) is 0 Å². The molecule has 0 heteroatoms. The summed E-state index contributed by atoms with van der Waals surface area (Å²) in [7, 11) is 0. The molecule has 6 rings (SSSR count). The van der Waals surface area contributed by atoms with Crippen molar-refractivity contribution in [2.45, 2.75) is 13.8 Å². The second kappa shape index (κ2) is 1.22. The van der Waals surface area contributed by atoms with Crippen molar-refractivity contribution in [3.63, 3.8) is 0 Å². The second-order valence-corrected chi connectivity index (χ2v) is 6.34. The number of hydrogen-bond acceptors (Lipinski definition) is 0. The van der Waals surface area contributed by atoms with E-state index in [-0.39, 0.29) is 0 Å². The van der Waals surface area contributed by atoms with E-state index in [1.807, 2.05) is 0 Å². The normalized spacial score (nSPS) is 90.5. The van der Waals surface area contributed by atoms with E-state index in [2.05, 4.69) is 13.8 Å². The van der Waals surface area contributed by atoms with Crippen molar-refractivity contribution in [2.75, 3.05) is 0 Å². The van der Waals surface area contributed by atoms with Gasteiger partial charge >= 0.3 is 0 Å². The van der Waals surface area contributed by atoms with Crippen LogP contribution in [0.4, 0.5) is 0 Å². The molecule has 6 saturated carbocycles. The molecular weight excluding hydrogens is 144 g/mol. The smallest absolute Gasteiger partial charge is 0.0312 e. The maximum absolute atomic E-state index is 2.55. The first-order chi connectivity index (χ1) is 5.82. The molecule has 6 fully saturated rings. The third-order valence-electron chi connectivity index (χ3n) is 6.65. The molecule has 4 unspecified atom stereocenters. The maximum atomic E-state index is 2.55. The van der Waals surface area contributed by atoms with E-state index in [9.17, 15) is 0 Å². The third kappa shape index (κ3) is 0.300. The Morgan fingerprint density at radius 1 is 0.417 bits per heavy atom. The standard InChI is InChI=1S/C12H16/c1-3-4(2)6-9-7-5(3)8-10(6)12(8)11(7)9/h3-12H,1-2H3/t3-,4+,5?,6?,7-,8+,9-,10-,11?,12?/m1/s1. The third-order valence-corrected chi connectivity index (χ3v) is 6.65. The predicted octanol–water partition coefficient (Wildman–Crippen LogP) is 2.26. The number of rotatable bonds is 0. The first kappa shape index (κ1) is 5.67. The molecular formula is C12H16. The lowest BCUT2D eigenvalue weighted by atomic mass is 9.60. The average Bonchev–Trinajstić information content (AvgIpc) is 2.88. The molecule has 10 atom stereocenters. The van der Waals surface area contributed by atoms with Crippen LogP contribution in [0.1, 0.15) is 13.8 Å². The maximum Gasteiger partial charge on any atom is -0.0312 e. The van der Waals surface area contributed by atoms with Crippen LogP contribution in [0.15, 0.2) is 0 Å². The van der Waals surface area contributed by atoms with Crippen LogP contribution in [0.25, 0.3) is 0 Å². The van der Waals surface area contributed by atoms with Gasteiger partial charge in [-0.25, -0.2) is 0 Å². The van der Waals surface area contributed by atoms with Gasteiger partial charge in [0.25, 0.3) is 0 Å². The fraction of sp³-hybridized carbons (Fsp3) is 1.00. The van der Waals surface area contributed by atoms with E-state index in [4.69, 9.17) is 0 Å². The van der Waals surface area contributed by atoms with Crippen molar-refractivity contribution >= 4 is 0 Å². The highest BCUT2D eigenvalue weighted by molar-refractivity contribution is 5.36. The molecule has 0 aromatic carbocycles. The van der Waals surface area contributed by atoms with Gasteiger partial charge in [0.05, 0.1) is 0 Å². The highest BCUT2D eigenvalue weighted by Crippen LogP contribution is 2.93. The Bertz CT molecular complexity index is 244. The molecule has 0 spiro atoms. The lowest BCUT2D eigenvalue weighted by molar-refractivity contribution is 0.0239. The van der Waals surface area contributed by atoms with Crippen molar-refractivity contribution in [3.05, 3.63) is 0 Å². The van der Waals surface area contributed by atoms with Gasteiger partial charge in [0.1, 0.15) is 0 Å². The summed E-state index contributed by atoms with van der Waals surface area (Å²) in [5.41, 5.74) is 0. The summed E-state index contributed by atoms with van der Waals surface area (Å²) < 4.78 is 0. The van der Waals surface area contributed by atoms with Crippen LogP contribution in [-0.4, -0.2) is 0 Å². The monoisotopic (exact) mass is 160 g/mol. The molecule has 0 saturated heterocycles. The molecule has 0 aromatic rings. The highest BCUT2D eigenvalue weighted by Gasteiger charge is 2.89. The van der Waals surface area contributed by atoms with Gasteiger partial charge in [-0.05, 0) is 59.2 Å². The van der Waals surface area contributed by atoms with Gasteiger partial charge in [0.2, 0.25) is 0 Å². The van der Waals surface area contributed by atoms with Crippen molar-refractivity contribution < 1.29 is 0 Å². The first-order valence-electron chi connectivity index (χ1n) is 5.82. The molecule has 0 aromatic heterocycles. The highest BCUT2D eigenvalue weighted by atomic mass is 14.9. The van der Waals surface area contributed by atoms with Crippen LogP contribution in [0.2, 0.25) is 0 Å². The van der Waals surface area contributed by atoms with E-state index in [0.717, 1.165) is 11.8 Å². The quantitative estimate of drug-likeness (QED) is 0.510. The summed E-state index contributed by atoms with van der Waals surface area (Å²) in [4.78, 5) is 0. The van der Waals surface area contributed by atoms with Crippen molar-refractivity contribution in [2.24, 2.45) is 59.2 Å². The Hall–Kier alpha value is 0. The minimum atomic E-state index is 1.09. The summed E-state index contributed by atoms with van der Waals surface area (Å²) in [5.74, 6) is 12.2. The van der Waals surface area contributed by atoms with Crippen LogP contribution in [0, 0.1) is 59.2 Å². The van der Waals surface area contributed by atoms with Gasteiger partial charge in [-0.1, -0.05) is 13.8 Å². The minimum absolute atomic E-state index is 1.09. The number of fused-ring (bicyclic) bond motifs is 1. The molecule has 12 heavy (non-hydrogen) atoms. The number of hydrogen-bond donors (Lipinski definition) is 0. The first-order valence-corrected chi connectivity index (χ1v) is 5.82. The van der Waals surface area contributed by atoms with Crippen molar-refractivity contribution in [1.29, 1.82) is 0 Å². The van der Waals surface area contributed by atoms with E-state index >= 15 is 0 Å². The Kier molecular flexibility index (Phi) is 0.578. The molecule has 0 radical (unpaired) electrons. The van der Waals surface area contributed by atoms with Gasteiger partial charge < -0.3 is 0 Å². The molecule has 0 N–H and O–H groups in total. The Morgan fingerprint density at radius 3 is 1.00 bits per heavy atom. The van der Waals surface area contributed by atoms with Gasteiger partial charge in [-0.15, -0.1) is 0 Å². The topological polar surface area (TPSA) is 0 Å². The SMILES string of the molecule is C[C@@H]1C2[C@H]3C4C5[C@H]2[C@@H]5C([C@@H]43)[C@@H]1C. The largest absolute Gasteiger partial charge is 0.0620 e. The molecule has 64 valence electrons. The van der Waals surface area contributed by atoms with Crippen LogP contribution < -0.4 is 0 Å². The summed E-state index contributed by atoms with van der Waals surface area (Å²) >= 11 is 0. The average molecular weight is 160 g/mol. The zero-order valence-corrected chi connectivity index (χ0v) is 7.77. The van der Waals surface area contributed by atoms with Gasteiger partial charge in [-0.3, -0.25) is 0 Å². The summed E-state index contributed by atoms with van der Waals surface area (Å²) in [6.07, 6.45) is 0. The molecule has 6 aliphatic carbocycles. The van der Waals surface area contributed by atoms with Gasteiger partial charge in [0.15, 0.2) is 0 Å². The van der Waals surface area contributed by atoms with Gasteiger partial charge in [0, 0.05) is 0 Å². The van der Waals surface area contributed by atoms with E-state index in [0.29, 0.717) is 0 Å². The zero-order valence-electron chi connectivity index (χ0n) is 7.77. The van der Waals surface area contributed by atoms with Crippen LogP contribution >= 0.6 is 0 Å². The summed E-state index contributed by atoms with van der Waals surface area (Å²) in [6.45, 7) is 5.09. The summed E-state index contributed by atoms with van der Waals surface area (Å²) in [5, 5.41) is 0. The van der Waals surface area contributed by atoms with Crippen LogP contribution in [0.3, 0.4) is 0 Å². The van der Waals surface area contributed by atoms with Gasteiger partial charge in [-0.2, -0.15) is 0 Å². The van der Waals surface area contributed by atoms with E-state index in [1.165, 1.54) is 47.3 Å². The zero-order chi connectivity index (χ0) is 7.77. The summed E-state index contributed by atoms with van der Waals surface area (Å²) in [6, 6.07) is 0. The van der Waals surface area contributed by atoms with E-state index < -0.39 is 0 Å². The fourth-order valence-corrected chi connectivity index (χ4v) is 6.47. The Balaban J connectivity index is 1.79. The lowest BCUT2D eigenvalue weighted by Crippen LogP contribution is -2.41. The molecule has 2 bridgehead atoms. The van der Waals surface area contributed by atoms with E-state index in [1.54, 1.807) is 0 Å².